The lowest BCUT2D eigenvalue weighted by molar-refractivity contribution is -0.385. The molecule has 0 fully saturated rings. The van der Waals surface area contributed by atoms with Crippen molar-refractivity contribution in [2.45, 2.75) is 19.4 Å². The number of aromatic nitrogens is 1. The first kappa shape index (κ1) is 12.7. The predicted molar refractivity (Wildman–Crippen MR) is 62.7 cm³/mol. The van der Waals surface area contributed by atoms with Crippen LogP contribution in [0, 0.1) is 10.1 Å². The topological polar surface area (TPSA) is 94.1 Å². The van der Waals surface area contributed by atoms with Crippen LogP contribution in [-0.2, 0) is 0 Å². The van der Waals surface area contributed by atoms with Crippen LogP contribution >= 0.6 is 11.6 Å². The number of rotatable bonds is 5. The Morgan fingerprint density at radius 3 is 2.94 bits per heavy atom. The van der Waals surface area contributed by atoms with Crippen LogP contribution in [0.15, 0.2) is 12.3 Å². The summed E-state index contributed by atoms with van der Waals surface area (Å²) in [7, 11) is 0. The summed E-state index contributed by atoms with van der Waals surface area (Å²) in [6.45, 7) is 2.52. The molecule has 1 rings (SSSR count). The number of pyridine rings is 1. The Bertz CT molecular complexity index is 384. The average molecular weight is 245 g/mol. The first-order valence-electron chi connectivity index (χ1n) is 4.80. The molecule has 1 aromatic rings. The van der Waals surface area contributed by atoms with Gasteiger partial charge >= 0.3 is 0 Å². The standard InChI is InChI=1S/C9H13ClN4O2/c1-6(11)2-3-12-9-8(10)4-7(5-13-9)14(15)16/h4-6H,2-3,11H2,1H3,(H,12,13). The van der Waals surface area contributed by atoms with Gasteiger partial charge in [-0.15, -0.1) is 0 Å². The van der Waals surface area contributed by atoms with Gasteiger partial charge in [0.15, 0.2) is 0 Å². The van der Waals surface area contributed by atoms with Gasteiger partial charge in [0.2, 0.25) is 0 Å². The SMILES string of the molecule is CC(N)CCNc1ncc([N+](=O)[O-])cc1Cl. The molecule has 7 heteroatoms. The maximum Gasteiger partial charge on any atom is 0.289 e. The molecule has 6 nitrogen and oxygen atoms in total. The van der Waals surface area contributed by atoms with E-state index in [1.54, 1.807) is 0 Å². The summed E-state index contributed by atoms with van der Waals surface area (Å²) in [5, 5.41) is 13.6. The van der Waals surface area contributed by atoms with E-state index < -0.39 is 4.92 Å². The summed E-state index contributed by atoms with van der Waals surface area (Å²) < 4.78 is 0. The number of nitro groups is 1. The molecular formula is C9H13ClN4O2. The Labute approximate surface area is 98.0 Å². The van der Waals surface area contributed by atoms with Crippen molar-refractivity contribution in [1.82, 2.24) is 4.98 Å². The van der Waals surface area contributed by atoms with Crippen molar-refractivity contribution >= 4 is 23.1 Å². The highest BCUT2D eigenvalue weighted by Gasteiger charge is 2.10. The van der Waals surface area contributed by atoms with Crippen LogP contribution in [0.1, 0.15) is 13.3 Å². The van der Waals surface area contributed by atoms with Gasteiger partial charge in [-0.05, 0) is 13.3 Å². The summed E-state index contributed by atoms with van der Waals surface area (Å²) >= 11 is 5.83. The number of nitrogens with one attached hydrogen (secondary N) is 1. The fourth-order valence-corrected chi connectivity index (χ4v) is 1.30. The molecule has 3 N–H and O–H groups in total. The Morgan fingerprint density at radius 2 is 2.44 bits per heavy atom. The fourth-order valence-electron chi connectivity index (χ4n) is 1.08. The second-order valence-electron chi connectivity index (χ2n) is 3.47. The highest BCUT2D eigenvalue weighted by molar-refractivity contribution is 6.33. The van der Waals surface area contributed by atoms with Crippen LogP contribution in [0.5, 0.6) is 0 Å². The van der Waals surface area contributed by atoms with Gasteiger partial charge in [0.05, 0.1) is 9.95 Å². The molecule has 1 atom stereocenters. The van der Waals surface area contributed by atoms with Crippen molar-refractivity contribution in [3.05, 3.63) is 27.4 Å². The van der Waals surface area contributed by atoms with E-state index >= 15 is 0 Å². The fraction of sp³-hybridized carbons (Fsp3) is 0.444. The first-order valence-corrected chi connectivity index (χ1v) is 5.18. The maximum atomic E-state index is 10.4. The van der Waals surface area contributed by atoms with E-state index in [0.717, 1.165) is 6.42 Å². The summed E-state index contributed by atoms with van der Waals surface area (Å²) in [6.07, 6.45) is 1.94. The van der Waals surface area contributed by atoms with E-state index in [2.05, 4.69) is 10.3 Å². The highest BCUT2D eigenvalue weighted by atomic mass is 35.5. The van der Waals surface area contributed by atoms with Crippen LogP contribution in [0.2, 0.25) is 5.02 Å². The molecule has 0 amide bonds. The average Bonchev–Trinajstić information content (AvgIpc) is 2.19. The van der Waals surface area contributed by atoms with Crippen molar-refractivity contribution in [2.75, 3.05) is 11.9 Å². The van der Waals surface area contributed by atoms with E-state index in [4.69, 9.17) is 17.3 Å². The number of hydrogen-bond acceptors (Lipinski definition) is 5. The van der Waals surface area contributed by atoms with Crippen LogP contribution in [0.25, 0.3) is 0 Å². The zero-order valence-corrected chi connectivity index (χ0v) is 9.57. The Balaban J connectivity index is 2.64. The number of nitrogens with zero attached hydrogens (tertiary/aromatic N) is 2. The number of nitrogens with two attached hydrogens (primary N) is 1. The van der Waals surface area contributed by atoms with Crippen LogP contribution < -0.4 is 11.1 Å². The van der Waals surface area contributed by atoms with Gasteiger partial charge < -0.3 is 11.1 Å². The van der Waals surface area contributed by atoms with Crippen LogP contribution in [0.3, 0.4) is 0 Å². The largest absolute Gasteiger partial charge is 0.369 e. The normalized spacial score (nSPS) is 12.2. The predicted octanol–water partition coefficient (Wildman–Crippen LogP) is 1.79. The van der Waals surface area contributed by atoms with Gasteiger partial charge in [-0.2, -0.15) is 0 Å². The molecule has 0 aliphatic rings. The third-order valence-corrected chi connectivity index (χ3v) is 2.22. The number of anilines is 1. The van der Waals surface area contributed by atoms with Crippen molar-refractivity contribution in [1.29, 1.82) is 0 Å². The number of halogens is 1. The highest BCUT2D eigenvalue weighted by Crippen LogP contribution is 2.23. The molecule has 1 unspecified atom stereocenters. The lowest BCUT2D eigenvalue weighted by Gasteiger charge is -2.08. The Hall–Kier alpha value is -1.40. The van der Waals surface area contributed by atoms with Crippen molar-refractivity contribution in [3.8, 4) is 0 Å². The van der Waals surface area contributed by atoms with Crippen LogP contribution in [-0.4, -0.2) is 22.5 Å². The Kier molecular flexibility index (Phi) is 4.45. The molecule has 0 aliphatic heterocycles. The smallest absolute Gasteiger partial charge is 0.289 e. The van der Waals surface area contributed by atoms with Crippen LogP contribution in [0.4, 0.5) is 11.5 Å². The minimum Gasteiger partial charge on any atom is -0.369 e. The molecule has 0 aliphatic carbocycles. The third-order valence-electron chi connectivity index (χ3n) is 1.93. The first-order chi connectivity index (χ1) is 7.50. The van der Waals surface area contributed by atoms with Gasteiger partial charge in [0, 0.05) is 18.7 Å². The second kappa shape index (κ2) is 5.62. The lowest BCUT2D eigenvalue weighted by Crippen LogP contribution is -2.19. The minimum atomic E-state index is -0.537. The quantitative estimate of drug-likeness (QED) is 0.608. The molecule has 88 valence electrons. The molecule has 16 heavy (non-hydrogen) atoms. The third kappa shape index (κ3) is 3.63. The lowest BCUT2D eigenvalue weighted by atomic mass is 10.2. The Morgan fingerprint density at radius 1 is 1.75 bits per heavy atom. The summed E-state index contributed by atoms with van der Waals surface area (Å²) in [5.74, 6) is 0.438. The van der Waals surface area contributed by atoms with E-state index in [1.165, 1.54) is 12.3 Å². The summed E-state index contributed by atoms with van der Waals surface area (Å²) in [6, 6.07) is 1.35. The molecule has 0 bridgehead atoms. The van der Waals surface area contributed by atoms with Crippen molar-refractivity contribution in [3.63, 3.8) is 0 Å². The molecule has 0 aromatic carbocycles. The maximum absolute atomic E-state index is 10.4. The zero-order chi connectivity index (χ0) is 12.1. The van der Waals surface area contributed by atoms with Gasteiger partial charge in [-0.1, -0.05) is 11.6 Å². The molecule has 0 radical (unpaired) electrons. The van der Waals surface area contributed by atoms with E-state index in [0.29, 0.717) is 12.4 Å². The second-order valence-corrected chi connectivity index (χ2v) is 3.88. The minimum absolute atomic E-state index is 0.0873. The van der Waals surface area contributed by atoms with E-state index in [-0.39, 0.29) is 16.8 Å². The van der Waals surface area contributed by atoms with Gasteiger partial charge in [-0.3, -0.25) is 10.1 Å². The van der Waals surface area contributed by atoms with E-state index in [9.17, 15) is 10.1 Å². The molecular weight excluding hydrogens is 232 g/mol. The molecule has 0 saturated carbocycles. The monoisotopic (exact) mass is 244 g/mol. The summed E-state index contributed by atoms with van der Waals surface area (Å²) in [5.41, 5.74) is 5.45. The van der Waals surface area contributed by atoms with Gasteiger partial charge in [0.1, 0.15) is 12.0 Å². The van der Waals surface area contributed by atoms with E-state index in [1.807, 2.05) is 6.92 Å². The summed E-state index contributed by atoms with van der Waals surface area (Å²) in [4.78, 5) is 13.8. The molecule has 1 heterocycles. The van der Waals surface area contributed by atoms with Crippen molar-refractivity contribution in [2.24, 2.45) is 5.73 Å². The van der Waals surface area contributed by atoms with Gasteiger partial charge in [0.25, 0.3) is 5.69 Å². The molecule has 0 saturated heterocycles. The number of hydrogen-bond donors (Lipinski definition) is 2. The molecule has 0 spiro atoms. The van der Waals surface area contributed by atoms with Crippen molar-refractivity contribution < 1.29 is 4.92 Å². The zero-order valence-electron chi connectivity index (χ0n) is 8.81. The molecule has 1 aromatic heterocycles. The van der Waals surface area contributed by atoms with Gasteiger partial charge in [-0.25, -0.2) is 4.98 Å².